The Balaban J connectivity index is 1.94. The van der Waals surface area contributed by atoms with Crippen molar-refractivity contribution in [1.82, 2.24) is 10.3 Å². The van der Waals surface area contributed by atoms with Gasteiger partial charge in [0.15, 0.2) is 5.96 Å². The smallest absolute Gasteiger partial charge is 0.370 e. The summed E-state index contributed by atoms with van der Waals surface area (Å²) in [5.41, 5.74) is 4.95. The molecule has 2 aromatic carbocycles. The Bertz CT molecular complexity index is 1330. The number of nitrogens with two attached hydrogens (primary N) is 1. The Morgan fingerprint density at radius 1 is 1.00 bits per heavy atom. The molecule has 0 aliphatic heterocycles. The number of aryl methyl sites for hydroxylation is 1. The molecular formula is C24H18F3N5O2. The number of rotatable bonds is 3. The van der Waals surface area contributed by atoms with E-state index in [-0.39, 0.29) is 11.1 Å². The number of nitrogens with zero attached hydrogens (tertiary/aromatic N) is 1. The van der Waals surface area contributed by atoms with Crippen molar-refractivity contribution in [2.45, 2.75) is 13.1 Å². The number of benzene rings is 2. The largest absolute Gasteiger partial charge is 0.416 e. The number of aromatic nitrogens is 1. The average Bonchev–Trinajstić information content (AvgIpc) is 2.78. The molecule has 34 heavy (non-hydrogen) atoms. The van der Waals surface area contributed by atoms with E-state index in [2.05, 4.69) is 22.1 Å². The number of halogens is 3. The molecule has 0 aliphatic rings. The molecular weight excluding hydrogens is 447 g/mol. The highest BCUT2D eigenvalue weighted by atomic mass is 19.4. The standard InChI is InChI=1S/C24H18F3N5O2/c1-14-5-6-15(12-19(14)22(34)31-20-4-2-3-9-30-20)7-8-16-10-17(21(33)32-23(28)29)13-18(11-16)24(25,26)27/h2-6,9-13H,1H3,(H,30,31,34)(H4,28,29,32,33). The van der Waals surface area contributed by atoms with E-state index < -0.39 is 29.5 Å². The number of hydrogen-bond donors (Lipinski definition) is 4. The van der Waals surface area contributed by atoms with Gasteiger partial charge in [-0.05, 0) is 55.0 Å². The summed E-state index contributed by atoms with van der Waals surface area (Å²) in [5.74, 6) is 3.60. The summed E-state index contributed by atoms with van der Waals surface area (Å²) in [6, 6.07) is 12.5. The van der Waals surface area contributed by atoms with Crippen molar-refractivity contribution < 1.29 is 22.8 Å². The maximum Gasteiger partial charge on any atom is 0.416 e. The first-order valence-electron chi connectivity index (χ1n) is 9.75. The van der Waals surface area contributed by atoms with Gasteiger partial charge in [-0.15, -0.1) is 0 Å². The maximum absolute atomic E-state index is 13.3. The molecule has 10 heteroatoms. The minimum absolute atomic E-state index is 0.0800. The number of carbonyl (C=O) groups is 2. The van der Waals surface area contributed by atoms with Crippen LogP contribution in [0.2, 0.25) is 0 Å². The summed E-state index contributed by atoms with van der Waals surface area (Å²) in [4.78, 5) is 28.7. The lowest BCUT2D eigenvalue weighted by Crippen LogP contribution is -2.35. The number of hydrogen-bond acceptors (Lipinski definition) is 4. The van der Waals surface area contributed by atoms with E-state index in [9.17, 15) is 22.8 Å². The van der Waals surface area contributed by atoms with Crippen LogP contribution in [0.25, 0.3) is 0 Å². The van der Waals surface area contributed by atoms with Gasteiger partial charge in [-0.25, -0.2) is 4.98 Å². The number of guanidine groups is 1. The van der Waals surface area contributed by atoms with Crippen molar-refractivity contribution in [1.29, 1.82) is 5.41 Å². The Labute approximate surface area is 192 Å². The van der Waals surface area contributed by atoms with Gasteiger partial charge in [-0.3, -0.25) is 20.3 Å². The van der Waals surface area contributed by atoms with E-state index in [1.807, 2.05) is 5.32 Å². The average molecular weight is 465 g/mol. The summed E-state index contributed by atoms with van der Waals surface area (Å²) in [5, 5.41) is 11.7. The fourth-order valence-electron chi connectivity index (χ4n) is 2.90. The van der Waals surface area contributed by atoms with Crippen LogP contribution in [0.3, 0.4) is 0 Å². The molecule has 0 saturated heterocycles. The van der Waals surface area contributed by atoms with Crippen molar-refractivity contribution in [3.05, 3.63) is 94.2 Å². The Morgan fingerprint density at radius 2 is 1.74 bits per heavy atom. The van der Waals surface area contributed by atoms with Gasteiger partial charge in [-0.2, -0.15) is 13.2 Å². The highest BCUT2D eigenvalue weighted by molar-refractivity contribution is 6.05. The first kappa shape index (κ1) is 24.0. The molecule has 0 aliphatic carbocycles. The van der Waals surface area contributed by atoms with Crippen LogP contribution < -0.4 is 16.4 Å². The number of amides is 2. The Kier molecular flexibility index (Phi) is 6.97. The highest BCUT2D eigenvalue weighted by Crippen LogP contribution is 2.30. The van der Waals surface area contributed by atoms with Crippen LogP contribution in [0.5, 0.6) is 0 Å². The lowest BCUT2D eigenvalue weighted by molar-refractivity contribution is -0.137. The number of nitrogens with one attached hydrogen (secondary N) is 3. The number of alkyl halides is 3. The number of pyridine rings is 1. The van der Waals surface area contributed by atoms with Gasteiger partial charge in [0.1, 0.15) is 5.82 Å². The monoisotopic (exact) mass is 465 g/mol. The second-order valence-corrected chi connectivity index (χ2v) is 7.11. The molecule has 0 radical (unpaired) electrons. The molecule has 1 heterocycles. The molecule has 0 atom stereocenters. The molecule has 0 bridgehead atoms. The lowest BCUT2D eigenvalue weighted by atomic mass is 10.0. The third-order valence-corrected chi connectivity index (χ3v) is 4.51. The van der Waals surface area contributed by atoms with E-state index in [1.54, 1.807) is 37.3 Å². The van der Waals surface area contributed by atoms with E-state index in [4.69, 9.17) is 11.1 Å². The second-order valence-electron chi connectivity index (χ2n) is 7.11. The third kappa shape index (κ3) is 6.20. The second kappa shape index (κ2) is 9.87. The molecule has 172 valence electrons. The van der Waals surface area contributed by atoms with Gasteiger partial charge in [0.2, 0.25) is 0 Å². The SMILES string of the molecule is Cc1ccc(C#Cc2cc(C(=O)NC(=N)N)cc(C(F)(F)F)c2)cc1C(=O)Nc1ccccn1. The van der Waals surface area contributed by atoms with Crippen LogP contribution in [0.15, 0.2) is 60.8 Å². The number of carbonyl (C=O) groups excluding carboxylic acids is 2. The van der Waals surface area contributed by atoms with Crippen LogP contribution in [0.4, 0.5) is 19.0 Å². The van der Waals surface area contributed by atoms with Crippen molar-refractivity contribution in [2.75, 3.05) is 5.32 Å². The van der Waals surface area contributed by atoms with Crippen LogP contribution in [-0.2, 0) is 6.18 Å². The third-order valence-electron chi connectivity index (χ3n) is 4.51. The molecule has 0 fully saturated rings. The summed E-state index contributed by atoms with van der Waals surface area (Å²) in [7, 11) is 0. The predicted molar refractivity (Wildman–Crippen MR) is 120 cm³/mol. The minimum atomic E-state index is -4.72. The number of anilines is 1. The van der Waals surface area contributed by atoms with Gasteiger partial charge in [-0.1, -0.05) is 24.0 Å². The van der Waals surface area contributed by atoms with E-state index in [0.717, 1.165) is 12.1 Å². The van der Waals surface area contributed by atoms with Gasteiger partial charge in [0.05, 0.1) is 5.56 Å². The first-order valence-corrected chi connectivity index (χ1v) is 9.75. The molecule has 3 aromatic rings. The summed E-state index contributed by atoms with van der Waals surface area (Å²) >= 11 is 0. The lowest BCUT2D eigenvalue weighted by Gasteiger charge is -2.10. The van der Waals surface area contributed by atoms with Crippen molar-refractivity contribution in [2.24, 2.45) is 5.73 Å². The zero-order valence-electron chi connectivity index (χ0n) is 17.7. The van der Waals surface area contributed by atoms with Crippen LogP contribution >= 0.6 is 0 Å². The molecule has 0 unspecified atom stereocenters. The van der Waals surface area contributed by atoms with Crippen LogP contribution in [-0.4, -0.2) is 22.8 Å². The fraction of sp³-hybridized carbons (Fsp3) is 0.0833. The molecule has 3 rings (SSSR count). The molecule has 0 spiro atoms. The summed E-state index contributed by atoms with van der Waals surface area (Å²) in [6.07, 6.45) is -3.19. The fourth-order valence-corrected chi connectivity index (χ4v) is 2.90. The molecule has 7 nitrogen and oxygen atoms in total. The van der Waals surface area contributed by atoms with E-state index in [1.165, 1.54) is 12.3 Å². The first-order chi connectivity index (χ1) is 16.0. The van der Waals surface area contributed by atoms with Crippen molar-refractivity contribution in [3.63, 3.8) is 0 Å². The normalized spacial score (nSPS) is 10.6. The minimum Gasteiger partial charge on any atom is -0.370 e. The van der Waals surface area contributed by atoms with Gasteiger partial charge in [0, 0.05) is 28.5 Å². The quantitative estimate of drug-likeness (QED) is 0.268. The van der Waals surface area contributed by atoms with Crippen LogP contribution in [0.1, 0.15) is 43.0 Å². The zero-order valence-corrected chi connectivity index (χ0v) is 17.7. The van der Waals surface area contributed by atoms with Gasteiger partial charge in [0.25, 0.3) is 11.8 Å². The molecule has 1 aromatic heterocycles. The molecule has 0 saturated carbocycles. The maximum atomic E-state index is 13.3. The molecule has 2 amide bonds. The summed E-state index contributed by atoms with van der Waals surface area (Å²) in [6.45, 7) is 1.73. The van der Waals surface area contributed by atoms with Gasteiger partial charge >= 0.3 is 6.18 Å². The van der Waals surface area contributed by atoms with Crippen molar-refractivity contribution in [3.8, 4) is 11.8 Å². The predicted octanol–water partition coefficient (Wildman–Crippen LogP) is 3.68. The topological polar surface area (TPSA) is 121 Å². The summed E-state index contributed by atoms with van der Waals surface area (Å²) < 4.78 is 39.9. The van der Waals surface area contributed by atoms with E-state index >= 15 is 0 Å². The van der Waals surface area contributed by atoms with Crippen LogP contribution in [0, 0.1) is 24.2 Å². The highest BCUT2D eigenvalue weighted by Gasteiger charge is 2.31. The van der Waals surface area contributed by atoms with E-state index in [0.29, 0.717) is 28.6 Å². The Hall–Kier alpha value is -4.65. The molecule has 5 N–H and O–H groups in total. The van der Waals surface area contributed by atoms with Gasteiger partial charge < -0.3 is 11.1 Å². The Morgan fingerprint density at radius 3 is 2.38 bits per heavy atom. The van der Waals surface area contributed by atoms with Crippen molar-refractivity contribution >= 4 is 23.6 Å². The zero-order chi connectivity index (χ0) is 24.9.